The number of carbonyl (C=O) groups excluding carboxylic acids is 1. The van der Waals surface area contributed by atoms with E-state index in [1.807, 2.05) is 72.6 Å². The van der Waals surface area contributed by atoms with Crippen molar-refractivity contribution in [1.29, 1.82) is 0 Å². The molecule has 2 heterocycles. The van der Waals surface area contributed by atoms with Gasteiger partial charge >= 0.3 is 5.97 Å². The van der Waals surface area contributed by atoms with Crippen LogP contribution in [0.3, 0.4) is 0 Å². The van der Waals surface area contributed by atoms with Gasteiger partial charge in [0.05, 0.1) is 36.0 Å². The second kappa shape index (κ2) is 11.2. The van der Waals surface area contributed by atoms with E-state index >= 15 is 0 Å². The summed E-state index contributed by atoms with van der Waals surface area (Å²) in [6.07, 6.45) is 0.164. The van der Waals surface area contributed by atoms with Crippen LogP contribution in [0.1, 0.15) is 51.3 Å². The molecule has 0 aliphatic carbocycles. The zero-order chi connectivity index (χ0) is 28.7. The molecule has 0 fully saturated rings. The van der Waals surface area contributed by atoms with Crippen molar-refractivity contribution in [1.82, 2.24) is 5.01 Å². The number of benzene rings is 4. The van der Waals surface area contributed by atoms with Gasteiger partial charge in [-0.2, -0.15) is 5.10 Å². The monoisotopic (exact) mass is 676 g/mol. The molecule has 0 unspecified atom stereocenters. The summed E-state index contributed by atoms with van der Waals surface area (Å²) in [6.45, 7) is 1.97. The molecular formula is C32H26Br2N2O5. The quantitative estimate of drug-likeness (QED) is 0.152. The number of hydrogen-bond acceptors (Lipinski definition) is 7. The first-order chi connectivity index (χ1) is 19.8. The van der Waals surface area contributed by atoms with E-state index in [1.54, 1.807) is 26.4 Å². The van der Waals surface area contributed by atoms with Gasteiger partial charge in [0, 0.05) is 22.0 Å². The highest BCUT2D eigenvalue weighted by Gasteiger charge is 2.41. The SMILES string of the molecule is COc1ccc(C2=NN3[C@H](C2)c2cc(Br)ccc2O[C@@H]3c2cc(Br)c(OC(=O)c3ccc(C)cc3)c(OC)c2)cc1. The molecule has 208 valence electrons. The molecule has 0 spiro atoms. The highest BCUT2D eigenvalue weighted by atomic mass is 79.9. The standard InChI is InChI=1S/C32H26Br2N2O5/c1-18-4-6-20(7-5-18)32(37)41-30-25(34)14-21(15-29(30)39-3)31-36-27(24-16-22(33)10-13-28(24)40-31)17-26(35-36)19-8-11-23(38-2)12-9-19/h4-16,27,31H,17H2,1-3H3/t27-,31-/m1/s1. The van der Waals surface area contributed by atoms with E-state index < -0.39 is 12.2 Å². The topological polar surface area (TPSA) is 69.6 Å². The predicted octanol–water partition coefficient (Wildman–Crippen LogP) is 8.00. The number of carbonyl (C=O) groups is 1. The lowest BCUT2D eigenvalue weighted by molar-refractivity contribution is -0.0192. The van der Waals surface area contributed by atoms with E-state index in [4.69, 9.17) is 24.0 Å². The largest absolute Gasteiger partial charge is 0.497 e. The van der Waals surface area contributed by atoms with Gasteiger partial charge in [-0.05, 0) is 95.1 Å². The average Bonchev–Trinajstić information content (AvgIpc) is 3.44. The second-order valence-corrected chi connectivity index (χ2v) is 11.6. The summed E-state index contributed by atoms with van der Waals surface area (Å²) in [5.41, 5.74) is 5.33. The number of fused-ring (bicyclic) bond motifs is 3. The highest BCUT2D eigenvalue weighted by molar-refractivity contribution is 9.10. The first-order valence-corrected chi connectivity index (χ1v) is 14.6. The molecule has 41 heavy (non-hydrogen) atoms. The number of esters is 1. The zero-order valence-corrected chi connectivity index (χ0v) is 25.7. The van der Waals surface area contributed by atoms with E-state index in [0.29, 0.717) is 28.0 Å². The molecule has 2 aliphatic heterocycles. The minimum Gasteiger partial charge on any atom is -0.497 e. The minimum atomic E-state index is -0.545. The Labute approximate surface area is 254 Å². The molecular weight excluding hydrogens is 652 g/mol. The lowest BCUT2D eigenvalue weighted by Gasteiger charge is -2.38. The first kappa shape index (κ1) is 27.4. The molecule has 0 saturated carbocycles. The normalized spacial score (nSPS) is 17.2. The van der Waals surface area contributed by atoms with Crippen molar-refractivity contribution in [3.05, 3.63) is 116 Å². The third kappa shape index (κ3) is 5.31. The van der Waals surface area contributed by atoms with Crippen LogP contribution in [0.4, 0.5) is 0 Å². The van der Waals surface area contributed by atoms with Crippen LogP contribution in [0.5, 0.6) is 23.0 Å². The number of methoxy groups -OCH3 is 2. The summed E-state index contributed by atoms with van der Waals surface area (Å²) < 4.78 is 24.9. The van der Waals surface area contributed by atoms with Gasteiger partial charge in [-0.1, -0.05) is 33.6 Å². The second-order valence-electron chi connectivity index (χ2n) is 9.82. The highest BCUT2D eigenvalue weighted by Crippen LogP contribution is 2.50. The molecule has 4 aromatic rings. The smallest absolute Gasteiger partial charge is 0.343 e. The molecule has 0 aromatic heterocycles. The summed E-state index contributed by atoms with van der Waals surface area (Å²) in [4.78, 5) is 12.9. The molecule has 7 nitrogen and oxygen atoms in total. The van der Waals surface area contributed by atoms with Crippen molar-refractivity contribution in [3.63, 3.8) is 0 Å². The fraction of sp³-hybridized carbons (Fsp3) is 0.188. The van der Waals surface area contributed by atoms with Crippen LogP contribution < -0.4 is 18.9 Å². The summed E-state index contributed by atoms with van der Waals surface area (Å²) in [5, 5.41) is 7.05. The van der Waals surface area contributed by atoms with Gasteiger partial charge in [0.15, 0.2) is 11.5 Å². The van der Waals surface area contributed by atoms with Crippen LogP contribution >= 0.6 is 31.9 Å². The molecule has 9 heteroatoms. The van der Waals surface area contributed by atoms with Crippen LogP contribution in [0, 0.1) is 6.92 Å². The molecule has 2 atom stereocenters. The van der Waals surface area contributed by atoms with Crippen molar-refractivity contribution in [3.8, 4) is 23.0 Å². The Kier molecular flexibility index (Phi) is 7.48. The summed E-state index contributed by atoms with van der Waals surface area (Å²) in [6, 6.07) is 24.8. The Morgan fingerprint density at radius 1 is 0.951 bits per heavy atom. The van der Waals surface area contributed by atoms with Crippen molar-refractivity contribution in [2.45, 2.75) is 25.6 Å². The number of ether oxygens (including phenoxy) is 4. The summed E-state index contributed by atoms with van der Waals surface area (Å²) >= 11 is 7.22. The molecule has 4 aromatic carbocycles. The Morgan fingerprint density at radius 3 is 2.41 bits per heavy atom. The Bertz CT molecular complexity index is 1650. The molecule has 0 radical (unpaired) electrons. The Balaban J connectivity index is 1.37. The van der Waals surface area contributed by atoms with Crippen LogP contribution in [-0.2, 0) is 0 Å². The zero-order valence-electron chi connectivity index (χ0n) is 22.6. The molecule has 0 amide bonds. The van der Waals surface area contributed by atoms with E-state index in [9.17, 15) is 4.79 Å². The number of nitrogens with zero attached hydrogens (tertiary/aromatic N) is 2. The maximum atomic E-state index is 12.9. The Morgan fingerprint density at radius 2 is 1.71 bits per heavy atom. The van der Waals surface area contributed by atoms with Crippen molar-refractivity contribution < 1.29 is 23.7 Å². The molecule has 2 aliphatic rings. The molecule has 0 N–H and O–H groups in total. The van der Waals surface area contributed by atoms with Gasteiger partial charge < -0.3 is 18.9 Å². The molecule has 6 rings (SSSR count). The number of aryl methyl sites for hydroxylation is 1. The van der Waals surface area contributed by atoms with E-state index in [1.165, 1.54) is 0 Å². The van der Waals surface area contributed by atoms with E-state index in [2.05, 4.69) is 37.9 Å². The van der Waals surface area contributed by atoms with Crippen molar-refractivity contribution in [2.24, 2.45) is 5.10 Å². The summed E-state index contributed by atoms with van der Waals surface area (Å²) in [5.74, 6) is 1.80. The maximum Gasteiger partial charge on any atom is 0.343 e. The van der Waals surface area contributed by atoms with Crippen molar-refractivity contribution >= 4 is 43.5 Å². The number of rotatable bonds is 6. The number of hydrogen-bond donors (Lipinski definition) is 0. The van der Waals surface area contributed by atoms with Crippen LogP contribution in [0.15, 0.2) is 92.9 Å². The van der Waals surface area contributed by atoms with Crippen molar-refractivity contribution in [2.75, 3.05) is 14.2 Å². The minimum absolute atomic E-state index is 0.0397. The van der Waals surface area contributed by atoms with Gasteiger partial charge in [-0.15, -0.1) is 0 Å². The predicted molar refractivity (Wildman–Crippen MR) is 163 cm³/mol. The fourth-order valence-electron chi connectivity index (χ4n) is 5.06. The first-order valence-electron chi connectivity index (χ1n) is 13.0. The van der Waals surface area contributed by atoms with Gasteiger partial charge in [-0.25, -0.2) is 9.80 Å². The third-order valence-electron chi connectivity index (χ3n) is 7.19. The van der Waals surface area contributed by atoms with Crippen LogP contribution in [-0.4, -0.2) is 30.9 Å². The molecule has 0 saturated heterocycles. The lowest BCUT2D eigenvalue weighted by atomic mass is 9.96. The van der Waals surface area contributed by atoms with Crippen LogP contribution in [0.25, 0.3) is 0 Å². The maximum absolute atomic E-state index is 12.9. The van der Waals surface area contributed by atoms with Gasteiger partial charge in [0.1, 0.15) is 11.5 Å². The average molecular weight is 678 g/mol. The number of halogens is 2. The lowest BCUT2D eigenvalue weighted by Crippen LogP contribution is -2.33. The molecule has 0 bridgehead atoms. The Hall–Kier alpha value is -3.82. The fourth-order valence-corrected chi connectivity index (χ4v) is 5.98. The van der Waals surface area contributed by atoms with Crippen LogP contribution in [0.2, 0.25) is 0 Å². The van der Waals surface area contributed by atoms with E-state index in [0.717, 1.165) is 43.9 Å². The van der Waals surface area contributed by atoms with E-state index in [-0.39, 0.29) is 6.04 Å². The third-order valence-corrected chi connectivity index (χ3v) is 8.28. The van der Waals surface area contributed by atoms with Gasteiger partial charge in [-0.3, -0.25) is 0 Å². The number of hydrazone groups is 1. The van der Waals surface area contributed by atoms with Gasteiger partial charge in [0.2, 0.25) is 6.23 Å². The van der Waals surface area contributed by atoms with Gasteiger partial charge in [0.25, 0.3) is 0 Å². The summed E-state index contributed by atoms with van der Waals surface area (Å²) in [7, 11) is 3.20.